The predicted molar refractivity (Wildman–Crippen MR) is 109 cm³/mol. The lowest BCUT2D eigenvalue weighted by Crippen LogP contribution is -2.62. The van der Waals surface area contributed by atoms with Crippen LogP contribution in [0.1, 0.15) is 53.4 Å². The summed E-state index contributed by atoms with van der Waals surface area (Å²) in [5.74, 6) is -0.712. The van der Waals surface area contributed by atoms with Gasteiger partial charge in [0.2, 0.25) is 5.78 Å². The summed E-state index contributed by atoms with van der Waals surface area (Å²) in [7, 11) is 0. The molecule has 0 radical (unpaired) electrons. The number of hydrogen-bond donors (Lipinski definition) is 2. The summed E-state index contributed by atoms with van der Waals surface area (Å²) >= 11 is 0. The molecule has 0 heterocycles. The van der Waals surface area contributed by atoms with Gasteiger partial charge in [0.15, 0.2) is 12.4 Å². The van der Waals surface area contributed by atoms with Crippen LogP contribution in [0.5, 0.6) is 0 Å². The van der Waals surface area contributed by atoms with Crippen LogP contribution in [0.25, 0.3) is 0 Å². The first-order valence-corrected chi connectivity index (χ1v) is 11.0. The van der Waals surface area contributed by atoms with Gasteiger partial charge in [-0.15, -0.1) is 0 Å². The lowest BCUT2D eigenvalue weighted by Gasteiger charge is -2.60. The van der Waals surface area contributed by atoms with Crippen LogP contribution in [-0.4, -0.2) is 46.1 Å². The summed E-state index contributed by atoms with van der Waals surface area (Å²) in [5, 5.41) is 22.9. The van der Waals surface area contributed by atoms with Crippen molar-refractivity contribution in [2.45, 2.75) is 65.1 Å². The molecule has 4 aliphatic carbocycles. The van der Waals surface area contributed by atoms with E-state index < -0.39 is 40.9 Å². The summed E-state index contributed by atoms with van der Waals surface area (Å²) in [5.41, 5.74) is -1.72. The third-order valence-electron chi connectivity index (χ3n) is 8.84. The Labute approximate surface area is 177 Å². The molecule has 0 aromatic rings. The molecule has 0 spiro atoms. The number of allylic oxidation sites excluding steroid dienone is 4. The number of carbonyl (C=O) groups excluding carboxylic acids is 3. The summed E-state index contributed by atoms with van der Waals surface area (Å²) in [6.07, 6.45) is 6.71. The fraction of sp³-hybridized carbons (Fsp3) is 0.708. The molecular formula is C24H32O6. The molecule has 7 unspecified atom stereocenters. The minimum Gasteiger partial charge on any atom is -0.458 e. The normalized spacial score (nSPS) is 47.1. The quantitative estimate of drug-likeness (QED) is 0.685. The average Bonchev–Trinajstić information content (AvgIpc) is 2.93. The lowest BCUT2D eigenvalue weighted by atomic mass is 9.45. The van der Waals surface area contributed by atoms with E-state index in [9.17, 15) is 24.6 Å². The van der Waals surface area contributed by atoms with Crippen molar-refractivity contribution < 1.29 is 29.3 Å². The lowest BCUT2D eigenvalue weighted by molar-refractivity contribution is -0.182. The monoisotopic (exact) mass is 416 g/mol. The molecule has 164 valence electrons. The molecule has 0 aromatic heterocycles. The van der Waals surface area contributed by atoms with Crippen molar-refractivity contribution in [3.05, 3.63) is 23.8 Å². The number of carbonyl (C=O) groups is 3. The molecule has 0 aromatic carbocycles. The molecule has 0 bridgehead atoms. The second-order valence-electron chi connectivity index (χ2n) is 10.3. The van der Waals surface area contributed by atoms with Crippen LogP contribution in [0.15, 0.2) is 23.8 Å². The summed E-state index contributed by atoms with van der Waals surface area (Å²) in [4.78, 5) is 36.1. The van der Waals surface area contributed by atoms with E-state index >= 15 is 0 Å². The van der Waals surface area contributed by atoms with E-state index in [2.05, 4.69) is 13.8 Å². The fourth-order valence-corrected chi connectivity index (χ4v) is 7.50. The Bertz CT molecular complexity index is 858. The first-order valence-electron chi connectivity index (χ1n) is 11.0. The maximum absolute atomic E-state index is 12.9. The number of ether oxygens (including phenoxy) is 1. The van der Waals surface area contributed by atoms with Crippen LogP contribution in [-0.2, 0) is 19.1 Å². The summed E-state index contributed by atoms with van der Waals surface area (Å²) < 4.78 is 4.89. The van der Waals surface area contributed by atoms with Crippen LogP contribution >= 0.6 is 0 Å². The third-order valence-corrected chi connectivity index (χ3v) is 8.84. The van der Waals surface area contributed by atoms with Crippen LogP contribution < -0.4 is 0 Å². The van der Waals surface area contributed by atoms with Gasteiger partial charge in [0, 0.05) is 23.7 Å². The highest BCUT2D eigenvalue weighted by atomic mass is 16.5. The topological polar surface area (TPSA) is 101 Å². The van der Waals surface area contributed by atoms with Gasteiger partial charge in [-0.25, -0.2) is 0 Å². The smallest absolute Gasteiger partial charge is 0.303 e. The van der Waals surface area contributed by atoms with Gasteiger partial charge >= 0.3 is 5.97 Å². The highest BCUT2D eigenvalue weighted by molar-refractivity contribution is 6.01. The molecular weight excluding hydrogens is 384 g/mol. The van der Waals surface area contributed by atoms with E-state index in [0.29, 0.717) is 19.3 Å². The van der Waals surface area contributed by atoms with Crippen LogP contribution in [0, 0.1) is 34.5 Å². The number of aliphatic hydroxyl groups is 2. The van der Waals surface area contributed by atoms with Gasteiger partial charge in [0.1, 0.15) is 5.60 Å². The molecule has 2 N–H and O–H groups in total. The molecule has 0 aliphatic heterocycles. The van der Waals surface area contributed by atoms with E-state index in [1.807, 2.05) is 13.0 Å². The Kier molecular flexibility index (Phi) is 4.90. The van der Waals surface area contributed by atoms with Gasteiger partial charge in [0.25, 0.3) is 0 Å². The average molecular weight is 417 g/mol. The van der Waals surface area contributed by atoms with Gasteiger partial charge in [0.05, 0.1) is 6.10 Å². The van der Waals surface area contributed by atoms with Gasteiger partial charge in [-0.1, -0.05) is 32.4 Å². The first kappa shape index (κ1) is 21.4. The van der Waals surface area contributed by atoms with Crippen molar-refractivity contribution in [1.29, 1.82) is 0 Å². The Balaban J connectivity index is 1.70. The second kappa shape index (κ2) is 6.86. The Morgan fingerprint density at radius 1 is 1.30 bits per heavy atom. The zero-order valence-electron chi connectivity index (χ0n) is 18.2. The van der Waals surface area contributed by atoms with Crippen molar-refractivity contribution in [3.63, 3.8) is 0 Å². The molecule has 4 rings (SSSR count). The fourth-order valence-electron chi connectivity index (χ4n) is 7.50. The van der Waals surface area contributed by atoms with E-state index in [4.69, 9.17) is 4.74 Å². The Hall–Kier alpha value is -1.79. The van der Waals surface area contributed by atoms with Gasteiger partial charge in [-0.3, -0.25) is 14.4 Å². The minimum absolute atomic E-state index is 0.00535. The second-order valence-corrected chi connectivity index (χ2v) is 10.3. The molecule has 8 atom stereocenters. The molecule has 0 amide bonds. The Morgan fingerprint density at radius 3 is 2.67 bits per heavy atom. The first-order chi connectivity index (χ1) is 13.9. The highest BCUT2D eigenvalue weighted by Gasteiger charge is 2.68. The number of fused-ring (bicyclic) bond motifs is 5. The predicted octanol–water partition coefficient (Wildman–Crippen LogP) is 2.37. The zero-order chi connectivity index (χ0) is 22.1. The Morgan fingerprint density at radius 2 is 2.00 bits per heavy atom. The van der Waals surface area contributed by atoms with Crippen molar-refractivity contribution >= 4 is 17.5 Å². The number of Topliss-reactive ketones (excluding diaryl/α,β-unsaturated/α-hetero) is 1. The summed E-state index contributed by atoms with van der Waals surface area (Å²) in [6.45, 7) is 6.94. The number of hydrogen-bond acceptors (Lipinski definition) is 6. The van der Waals surface area contributed by atoms with Crippen molar-refractivity contribution in [2.24, 2.45) is 34.5 Å². The number of aliphatic hydroxyl groups excluding tert-OH is 1. The molecule has 3 saturated carbocycles. The van der Waals surface area contributed by atoms with Crippen LogP contribution in [0.4, 0.5) is 0 Å². The maximum atomic E-state index is 12.9. The SMILES string of the molecule is CC(=O)OCC(=O)[C@@]1(O)CCC2C3CC(C)C4=CC(=O)C=CC4(C)C3C(O)CC21C. The molecule has 6 nitrogen and oxygen atoms in total. The third kappa shape index (κ3) is 2.79. The van der Waals surface area contributed by atoms with E-state index in [1.165, 1.54) is 6.92 Å². The van der Waals surface area contributed by atoms with E-state index in [-0.39, 0.29) is 29.5 Å². The largest absolute Gasteiger partial charge is 0.458 e. The van der Waals surface area contributed by atoms with Crippen molar-refractivity contribution in [1.82, 2.24) is 0 Å². The van der Waals surface area contributed by atoms with Crippen LogP contribution in [0.3, 0.4) is 0 Å². The molecule has 0 saturated heterocycles. The molecule has 3 fully saturated rings. The number of esters is 1. The van der Waals surface area contributed by atoms with Crippen molar-refractivity contribution in [2.75, 3.05) is 6.61 Å². The molecule has 4 aliphatic rings. The van der Waals surface area contributed by atoms with Crippen molar-refractivity contribution in [3.8, 4) is 0 Å². The summed E-state index contributed by atoms with van der Waals surface area (Å²) in [6, 6.07) is 0. The standard InChI is InChI=1S/C24H32O6/c1-13-9-16-17-6-8-24(29,20(28)12-30-14(2)25)23(17,4)11-19(27)21(16)22(3)7-5-15(26)10-18(13)22/h5,7,10,13,16-17,19,21,27,29H,6,8-9,11-12H2,1-4H3/t13?,16?,17?,19?,21?,22?,23?,24-/m0/s1. The van der Waals surface area contributed by atoms with Crippen LogP contribution in [0.2, 0.25) is 0 Å². The number of ketones is 2. The minimum atomic E-state index is -1.61. The molecule has 30 heavy (non-hydrogen) atoms. The van der Waals surface area contributed by atoms with Gasteiger partial charge in [-0.05, 0) is 55.6 Å². The van der Waals surface area contributed by atoms with Gasteiger partial charge < -0.3 is 14.9 Å². The molecule has 6 heteroatoms. The van der Waals surface area contributed by atoms with E-state index in [1.54, 1.807) is 12.2 Å². The van der Waals surface area contributed by atoms with E-state index in [0.717, 1.165) is 12.0 Å². The highest BCUT2D eigenvalue weighted by Crippen LogP contribution is 2.67. The maximum Gasteiger partial charge on any atom is 0.303 e. The van der Waals surface area contributed by atoms with Gasteiger partial charge in [-0.2, -0.15) is 0 Å². The zero-order valence-corrected chi connectivity index (χ0v) is 18.2. The number of rotatable bonds is 3.